The SMILES string of the molecule is C[C@]1(CNC(=O)[C@@H]2CC(=O)N(CC(F)(F)F)C2)CCCC[C@H]1O. The molecule has 1 aliphatic heterocycles. The molecule has 1 heterocycles. The van der Waals surface area contributed by atoms with Gasteiger partial charge < -0.3 is 15.3 Å². The van der Waals surface area contributed by atoms with Crippen molar-refractivity contribution < 1.29 is 27.9 Å². The summed E-state index contributed by atoms with van der Waals surface area (Å²) >= 11 is 0. The standard InChI is InChI=1S/C15H23F3N2O3/c1-14(5-3-2-4-11(14)21)8-19-13(23)10-6-12(22)20(7-10)9-15(16,17)18/h10-11,21H,2-9H2,1H3,(H,19,23)/t10-,11-,14-/m1/s1. The van der Waals surface area contributed by atoms with Crippen molar-refractivity contribution in [2.45, 2.75) is 51.3 Å². The molecule has 0 radical (unpaired) electrons. The molecule has 2 amide bonds. The van der Waals surface area contributed by atoms with E-state index in [-0.39, 0.29) is 19.5 Å². The fraction of sp³-hybridized carbons (Fsp3) is 0.867. The molecule has 2 rings (SSSR count). The van der Waals surface area contributed by atoms with Crippen LogP contribution in [0.4, 0.5) is 13.2 Å². The summed E-state index contributed by atoms with van der Waals surface area (Å²) in [4.78, 5) is 24.4. The van der Waals surface area contributed by atoms with Crippen molar-refractivity contribution in [1.82, 2.24) is 10.2 Å². The summed E-state index contributed by atoms with van der Waals surface area (Å²) in [6.45, 7) is 0.652. The van der Waals surface area contributed by atoms with Crippen LogP contribution >= 0.6 is 0 Å². The molecule has 0 spiro atoms. The van der Waals surface area contributed by atoms with Crippen LogP contribution in [0.1, 0.15) is 39.0 Å². The van der Waals surface area contributed by atoms with Crippen LogP contribution in [-0.4, -0.2) is 53.7 Å². The van der Waals surface area contributed by atoms with Crippen molar-refractivity contribution in [3.63, 3.8) is 0 Å². The minimum absolute atomic E-state index is 0.193. The van der Waals surface area contributed by atoms with Crippen LogP contribution < -0.4 is 5.32 Å². The number of aliphatic hydroxyl groups is 1. The number of likely N-dealkylation sites (tertiary alicyclic amines) is 1. The molecular weight excluding hydrogens is 313 g/mol. The first-order valence-electron chi connectivity index (χ1n) is 7.91. The van der Waals surface area contributed by atoms with E-state index in [1.54, 1.807) is 0 Å². The number of hydrogen-bond acceptors (Lipinski definition) is 3. The maximum atomic E-state index is 12.4. The van der Waals surface area contributed by atoms with E-state index in [4.69, 9.17) is 0 Å². The van der Waals surface area contributed by atoms with Crippen molar-refractivity contribution in [1.29, 1.82) is 0 Å². The number of carbonyl (C=O) groups is 2. The van der Waals surface area contributed by atoms with E-state index in [0.717, 1.165) is 19.3 Å². The molecule has 1 saturated heterocycles. The Morgan fingerprint density at radius 2 is 2.13 bits per heavy atom. The maximum Gasteiger partial charge on any atom is 0.406 e. The van der Waals surface area contributed by atoms with Gasteiger partial charge in [0.25, 0.3) is 0 Å². The number of aliphatic hydroxyl groups excluding tert-OH is 1. The first-order valence-corrected chi connectivity index (χ1v) is 7.91. The van der Waals surface area contributed by atoms with Crippen molar-refractivity contribution in [3.8, 4) is 0 Å². The summed E-state index contributed by atoms with van der Waals surface area (Å²) in [5.74, 6) is -1.82. The van der Waals surface area contributed by atoms with Crippen molar-refractivity contribution in [2.75, 3.05) is 19.6 Å². The summed E-state index contributed by atoms with van der Waals surface area (Å²) < 4.78 is 37.1. The number of alkyl halides is 3. The highest BCUT2D eigenvalue weighted by Gasteiger charge is 2.41. The van der Waals surface area contributed by atoms with Crippen LogP contribution in [0, 0.1) is 11.3 Å². The second-order valence-electron chi connectivity index (χ2n) is 6.92. The summed E-state index contributed by atoms with van der Waals surface area (Å²) in [7, 11) is 0. The molecule has 2 fully saturated rings. The summed E-state index contributed by atoms with van der Waals surface area (Å²) in [5.41, 5.74) is -0.415. The lowest BCUT2D eigenvalue weighted by Gasteiger charge is -2.38. The van der Waals surface area contributed by atoms with E-state index in [9.17, 15) is 27.9 Å². The van der Waals surface area contributed by atoms with Gasteiger partial charge in [-0.2, -0.15) is 13.2 Å². The van der Waals surface area contributed by atoms with Crippen LogP contribution in [0.5, 0.6) is 0 Å². The molecule has 0 aromatic rings. The zero-order valence-corrected chi connectivity index (χ0v) is 13.2. The van der Waals surface area contributed by atoms with E-state index in [2.05, 4.69) is 5.32 Å². The number of rotatable bonds is 4. The highest BCUT2D eigenvalue weighted by atomic mass is 19.4. The van der Waals surface area contributed by atoms with Crippen molar-refractivity contribution >= 4 is 11.8 Å². The normalized spacial score (nSPS) is 32.2. The Morgan fingerprint density at radius 3 is 2.74 bits per heavy atom. The van der Waals surface area contributed by atoms with E-state index in [1.165, 1.54) is 0 Å². The Kier molecular flexibility index (Phi) is 5.23. The molecule has 1 aliphatic carbocycles. The molecule has 0 unspecified atom stereocenters. The Hall–Kier alpha value is -1.31. The van der Waals surface area contributed by atoms with Crippen LogP contribution in [0.25, 0.3) is 0 Å². The fourth-order valence-corrected chi connectivity index (χ4v) is 3.34. The van der Waals surface area contributed by atoms with Gasteiger partial charge in [-0.15, -0.1) is 0 Å². The molecule has 8 heteroatoms. The lowest BCUT2D eigenvalue weighted by Crippen LogP contribution is -2.46. The highest BCUT2D eigenvalue weighted by Crippen LogP contribution is 2.35. The minimum Gasteiger partial charge on any atom is -0.392 e. The van der Waals surface area contributed by atoms with Gasteiger partial charge in [0.15, 0.2) is 0 Å². The van der Waals surface area contributed by atoms with Crippen LogP contribution in [-0.2, 0) is 9.59 Å². The quantitative estimate of drug-likeness (QED) is 0.816. The average molecular weight is 336 g/mol. The first kappa shape index (κ1) is 18.0. The minimum atomic E-state index is -4.46. The number of nitrogens with zero attached hydrogens (tertiary/aromatic N) is 1. The van der Waals surface area contributed by atoms with Crippen molar-refractivity contribution in [2.24, 2.45) is 11.3 Å². The third-order valence-electron chi connectivity index (χ3n) is 4.90. The van der Waals surface area contributed by atoms with Gasteiger partial charge in [0.2, 0.25) is 11.8 Å². The highest BCUT2D eigenvalue weighted by molar-refractivity contribution is 5.89. The smallest absolute Gasteiger partial charge is 0.392 e. The second-order valence-corrected chi connectivity index (χ2v) is 6.92. The molecule has 3 atom stereocenters. The number of carbonyl (C=O) groups excluding carboxylic acids is 2. The number of hydrogen-bond donors (Lipinski definition) is 2. The lowest BCUT2D eigenvalue weighted by molar-refractivity contribution is -0.157. The second kappa shape index (κ2) is 6.67. The molecule has 5 nitrogen and oxygen atoms in total. The topological polar surface area (TPSA) is 69.6 Å². The van der Waals surface area contributed by atoms with Crippen molar-refractivity contribution in [3.05, 3.63) is 0 Å². The van der Waals surface area contributed by atoms with Gasteiger partial charge in [-0.25, -0.2) is 0 Å². The summed E-state index contributed by atoms with van der Waals surface area (Å²) in [5, 5.41) is 12.8. The molecular formula is C15H23F3N2O3. The molecule has 132 valence electrons. The van der Waals surface area contributed by atoms with E-state index in [1.807, 2.05) is 6.92 Å². The van der Waals surface area contributed by atoms with Gasteiger partial charge in [-0.05, 0) is 12.8 Å². The molecule has 2 N–H and O–H groups in total. The zero-order chi connectivity index (χ0) is 17.3. The van der Waals surface area contributed by atoms with E-state index >= 15 is 0 Å². The van der Waals surface area contributed by atoms with Crippen LogP contribution in [0.3, 0.4) is 0 Å². The number of halogens is 3. The average Bonchev–Trinajstić information content (AvgIpc) is 2.79. The molecule has 23 heavy (non-hydrogen) atoms. The number of nitrogens with one attached hydrogen (secondary N) is 1. The summed E-state index contributed by atoms with van der Waals surface area (Å²) in [6.07, 6.45) is -1.74. The molecule has 0 bridgehead atoms. The fourth-order valence-electron chi connectivity index (χ4n) is 3.34. The molecule has 0 aromatic carbocycles. The lowest BCUT2D eigenvalue weighted by atomic mass is 9.73. The van der Waals surface area contributed by atoms with Crippen LogP contribution in [0.2, 0.25) is 0 Å². The summed E-state index contributed by atoms with van der Waals surface area (Å²) in [6, 6.07) is 0. The Labute approximate surface area is 133 Å². The van der Waals surface area contributed by atoms with Gasteiger partial charge >= 0.3 is 6.18 Å². The first-order chi connectivity index (χ1) is 10.6. The Morgan fingerprint density at radius 1 is 1.43 bits per heavy atom. The predicted molar refractivity (Wildman–Crippen MR) is 76.3 cm³/mol. The third kappa shape index (κ3) is 4.59. The van der Waals surface area contributed by atoms with E-state index < -0.39 is 42.0 Å². The number of amides is 2. The largest absolute Gasteiger partial charge is 0.406 e. The molecule has 2 aliphatic rings. The van der Waals surface area contributed by atoms with Gasteiger partial charge in [-0.3, -0.25) is 9.59 Å². The maximum absolute atomic E-state index is 12.4. The molecule has 1 saturated carbocycles. The van der Waals surface area contributed by atoms with Gasteiger partial charge in [0.05, 0.1) is 12.0 Å². The third-order valence-corrected chi connectivity index (χ3v) is 4.90. The Bertz CT molecular complexity index is 469. The van der Waals surface area contributed by atoms with E-state index in [0.29, 0.717) is 11.3 Å². The monoisotopic (exact) mass is 336 g/mol. The van der Waals surface area contributed by atoms with Crippen LogP contribution in [0.15, 0.2) is 0 Å². The zero-order valence-electron chi connectivity index (χ0n) is 13.2. The van der Waals surface area contributed by atoms with Gasteiger partial charge in [0.1, 0.15) is 6.54 Å². The van der Waals surface area contributed by atoms with Gasteiger partial charge in [-0.1, -0.05) is 19.8 Å². The van der Waals surface area contributed by atoms with Gasteiger partial charge in [0, 0.05) is 24.9 Å². The predicted octanol–water partition coefficient (Wildman–Crippen LogP) is 1.45. The molecule has 0 aromatic heterocycles. The Balaban J connectivity index is 1.86.